The zero-order valence-corrected chi connectivity index (χ0v) is 10.3. The minimum Gasteiger partial charge on any atom is -0.372 e. The molecule has 0 amide bonds. The van der Waals surface area contributed by atoms with E-state index in [0.717, 1.165) is 12.8 Å². The van der Waals surface area contributed by atoms with E-state index >= 15 is 0 Å². The van der Waals surface area contributed by atoms with Gasteiger partial charge in [0.1, 0.15) is 0 Å². The molecule has 1 nitrogen and oxygen atoms in total. The van der Waals surface area contributed by atoms with Crippen LogP contribution in [0.15, 0.2) is 0 Å². The number of hydrogen-bond acceptors (Lipinski definition) is 1. The van der Waals surface area contributed by atoms with Crippen molar-refractivity contribution in [1.82, 2.24) is 0 Å². The lowest BCUT2D eigenvalue weighted by atomic mass is 10.2. The van der Waals surface area contributed by atoms with Crippen LogP contribution in [0.1, 0.15) is 12.8 Å². The van der Waals surface area contributed by atoms with Crippen molar-refractivity contribution in [2.75, 3.05) is 23.5 Å². The first kappa shape index (κ1) is 14.1. The molecule has 13 heavy (non-hydrogen) atoms. The van der Waals surface area contributed by atoms with E-state index in [1.807, 2.05) is 0 Å². The highest BCUT2D eigenvalue weighted by atomic mass is 35.5. The lowest BCUT2D eigenvalue weighted by Gasteiger charge is -2.20. The molecule has 80 valence electrons. The summed E-state index contributed by atoms with van der Waals surface area (Å²) in [5.74, 6) is 1.99. The third kappa shape index (κ3) is 7.10. The maximum Gasteiger partial charge on any atom is 0.0726 e. The summed E-state index contributed by atoms with van der Waals surface area (Å²) in [6.45, 7) is 0. The van der Waals surface area contributed by atoms with Crippen molar-refractivity contribution in [3.05, 3.63) is 0 Å². The Morgan fingerprint density at radius 3 is 1.38 bits per heavy atom. The van der Waals surface area contributed by atoms with Crippen LogP contribution < -0.4 is 0 Å². The quantitative estimate of drug-likeness (QED) is 0.612. The van der Waals surface area contributed by atoms with Gasteiger partial charge in [0.05, 0.1) is 12.2 Å². The van der Waals surface area contributed by atoms with Crippen molar-refractivity contribution in [2.24, 2.45) is 0 Å². The molecule has 0 bridgehead atoms. The van der Waals surface area contributed by atoms with E-state index in [0.29, 0.717) is 23.5 Å². The summed E-state index contributed by atoms with van der Waals surface area (Å²) in [5.41, 5.74) is 0. The Labute approximate surface area is 99.6 Å². The average molecular weight is 268 g/mol. The zero-order valence-electron chi connectivity index (χ0n) is 7.32. The van der Waals surface area contributed by atoms with Gasteiger partial charge in [-0.25, -0.2) is 0 Å². The second-order valence-corrected chi connectivity index (χ2v) is 4.02. The van der Waals surface area contributed by atoms with Gasteiger partial charge in [-0.2, -0.15) is 0 Å². The molecule has 2 unspecified atom stereocenters. The Morgan fingerprint density at radius 2 is 1.15 bits per heavy atom. The summed E-state index contributed by atoms with van der Waals surface area (Å²) in [6.07, 6.45) is 1.49. The second kappa shape index (κ2) is 9.67. The predicted molar refractivity (Wildman–Crippen MR) is 60.8 cm³/mol. The molecule has 0 spiro atoms. The second-order valence-electron chi connectivity index (χ2n) is 2.64. The smallest absolute Gasteiger partial charge is 0.0726 e. The van der Waals surface area contributed by atoms with Gasteiger partial charge in [-0.15, -0.1) is 46.4 Å². The van der Waals surface area contributed by atoms with E-state index in [1.54, 1.807) is 0 Å². The molecule has 0 aliphatic rings. The molecule has 0 saturated heterocycles. The SMILES string of the molecule is ClCCC(CCl)OC(CCl)CCCl. The largest absolute Gasteiger partial charge is 0.372 e. The van der Waals surface area contributed by atoms with E-state index in [9.17, 15) is 0 Å². The molecule has 0 heterocycles. The normalized spacial score (nSPS) is 15.7. The standard InChI is InChI=1S/C8H14Cl4O/c9-3-1-7(5-11)13-8(6-12)2-4-10/h7-8H,1-6H2. The third-order valence-electron chi connectivity index (χ3n) is 1.59. The van der Waals surface area contributed by atoms with E-state index < -0.39 is 0 Å². The Bertz CT molecular complexity index is 100. The van der Waals surface area contributed by atoms with Crippen molar-refractivity contribution < 1.29 is 4.74 Å². The summed E-state index contributed by atoms with van der Waals surface area (Å²) >= 11 is 22.5. The Morgan fingerprint density at radius 1 is 0.769 bits per heavy atom. The fraction of sp³-hybridized carbons (Fsp3) is 1.00. The predicted octanol–water partition coefficient (Wildman–Crippen LogP) is 3.48. The summed E-state index contributed by atoms with van der Waals surface area (Å²) in [5, 5.41) is 0. The maximum absolute atomic E-state index is 5.69. The van der Waals surface area contributed by atoms with Gasteiger partial charge in [0.2, 0.25) is 0 Å². The molecule has 0 radical (unpaired) electrons. The van der Waals surface area contributed by atoms with Gasteiger partial charge < -0.3 is 4.74 Å². The minimum atomic E-state index is -0.00821. The van der Waals surface area contributed by atoms with E-state index in [2.05, 4.69) is 0 Å². The van der Waals surface area contributed by atoms with Crippen LogP contribution in [0.5, 0.6) is 0 Å². The highest BCUT2D eigenvalue weighted by Gasteiger charge is 2.14. The molecule has 0 N–H and O–H groups in total. The molecule has 0 fully saturated rings. The van der Waals surface area contributed by atoms with Crippen molar-refractivity contribution in [1.29, 1.82) is 0 Å². The lowest BCUT2D eigenvalue weighted by Crippen LogP contribution is -2.25. The molecule has 0 aliphatic heterocycles. The van der Waals surface area contributed by atoms with Gasteiger partial charge in [-0.1, -0.05) is 0 Å². The van der Waals surface area contributed by atoms with E-state index in [1.165, 1.54) is 0 Å². The van der Waals surface area contributed by atoms with E-state index in [4.69, 9.17) is 51.1 Å². The first-order chi connectivity index (χ1) is 6.28. The zero-order chi connectivity index (χ0) is 10.1. The molecule has 0 aliphatic carbocycles. The monoisotopic (exact) mass is 266 g/mol. The third-order valence-corrected chi connectivity index (χ3v) is 2.72. The molecular weight excluding hydrogens is 254 g/mol. The topological polar surface area (TPSA) is 9.23 Å². The van der Waals surface area contributed by atoms with Crippen LogP contribution >= 0.6 is 46.4 Å². The minimum absolute atomic E-state index is 0.00821. The summed E-state index contributed by atoms with van der Waals surface area (Å²) in [6, 6.07) is 0. The van der Waals surface area contributed by atoms with Crippen LogP contribution in [0.3, 0.4) is 0 Å². The van der Waals surface area contributed by atoms with Crippen molar-refractivity contribution >= 4 is 46.4 Å². The molecule has 0 saturated carbocycles. The fourth-order valence-corrected chi connectivity index (χ4v) is 1.82. The van der Waals surface area contributed by atoms with Gasteiger partial charge in [-0.05, 0) is 12.8 Å². The van der Waals surface area contributed by atoms with Crippen LogP contribution in [0, 0.1) is 0 Å². The average Bonchev–Trinajstić information content (AvgIpc) is 2.16. The first-order valence-electron chi connectivity index (χ1n) is 4.17. The highest BCUT2D eigenvalue weighted by Crippen LogP contribution is 2.11. The van der Waals surface area contributed by atoms with Gasteiger partial charge >= 0.3 is 0 Å². The molecule has 5 heteroatoms. The summed E-state index contributed by atoms with van der Waals surface area (Å²) < 4.78 is 5.60. The number of ether oxygens (including phenoxy) is 1. The molecule has 0 rings (SSSR count). The van der Waals surface area contributed by atoms with Gasteiger partial charge in [0.25, 0.3) is 0 Å². The van der Waals surface area contributed by atoms with Gasteiger partial charge in [-0.3, -0.25) is 0 Å². The molecule has 2 atom stereocenters. The Kier molecular flexibility index (Phi) is 10.5. The number of rotatable bonds is 8. The molecular formula is C8H14Cl4O. The molecule has 0 aromatic heterocycles. The molecule has 0 aromatic rings. The van der Waals surface area contributed by atoms with Crippen LogP contribution in [0.2, 0.25) is 0 Å². The number of hydrogen-bond donors (Lipinski definition) is 0. The van der Waals surface area contributed by atoms with Gasteiger partial charge in [0, 0.05) is 23.5 Å². The van der Waals surface area contributed by atoms with Crippen LogP contribution in [-0.4, -0.2) is 35.7 Å². The van der Waals surface area contributed by atoms with Gasteiger partial charge in [0.15, 0.2) is 0 Å². The molecule has 0 aromatic carbocycles. The van der Waals surface area contributed by atoms with Crippen LogP contribution in [-0.2, 0) is 4.74 Å². The number of halogens is 4. The fourth-order valence-electron chi connectivity index (χ4n) is 0.879. The van der Waals surface area contributed by atoms with Crippen molar-refractivity contribution in [2.45, 2.75) is 25.0 Å². The van der Waals surface area contributed by atoms with Crippen LogP contribution in [0.4, 0.5) is 0 Å². The Hall–Kier alpha value is 1.12. The Balaban J connectivity index is 3.73. The lowest BCUT2D eigenvalue weighted by molar-refractivity contribution is 0.00989. The highest BCUT2D eigenvalue weighted by molar-refractivity contribution is 6.19. The van der Waals surface area contributed by atoms with Crippen molar-refractivity contribution in [3.8, 4) is 0 Å². The summed E-state index contributed by atoms with van der Waals surface area (Å²) in [4.78, 5) is 0. The summed E-state index contributed by atoms with van der Waals surface area (Å²) in [7, 11) is 0. The van der Waals surface area contributed by atoms with Crippen LogP contribution in [0.25, 0.3) is 0 Å². The van der Waals surface area contributed by atoms with Crippen molar-refractivity contribution in [3.63, 3.8) is 0 Å². The first-order valence-corrected chi connectivity index (χ1v) is 6.31. The maximum atomic E-state index is 5.69. The number of alkyl halides is 4. The van der Waals surface area contributed by atoms with E-state index in [-0.39, 0.29) is 12.2 Å².